The van der Waals surface area contributed by atoms with E-state index in [-0.39, 0.29) is 11.8 Å². The zero-order valence-corrected chi connectivity index (χ0v) is 11.7. The van der Waals surface area contributed by atoms with E-state index in [1.807, 2.05) is 18.7 Å². The van der Waals surface area contributed by atoms with Gasteiger partial charge in [0.2, 0.25) is 11.8 Å². The first kappa shape index (κ1) is 13.4. The van der Waals surface area contributed by atoms with Gasteiger partial charge >= 0.3 is 0 Å². The van der Waals surface area contributed by atoms with E-state index in [1.54, 1.807) is 6.92 Å². The molecule has 0 unspecified atom stereocenters. The molecule has 1 saturated heterocycles. The Morgan fingerprint density at radius 3 is 1.94 bits per heavy atom. The lowest BCUT2D eigenvalue weighted by Gasteiger charge is -2.39. The molecule has 4 heteroatoms. The maximum atomic E-state index is 12.3. The number of rotatable bonds is 3. The maximum Gasteiger partial charge on any atom is 0.225 e. The highest BCUT2D eigenvalue weighted by atomic mass is 16.2. The average molecular weight is 252 g/mol. The Labute approximate surface area is 109 Å². The average Bonchev–Trinajstić information content (AvgIpc) is 3.14. The molecule has 0 aromatic carbocycles. The standard InChI is InChI=1S/C14H24N2O2/c1-10(2)14(18)16(12-4-5-12)13-6-8-15(9-7-13)11(3)17/h10,12-13H,4-9H2,1-3H3. The summed E-state index contributed by atoms with van der Waals surface area (Å²) in [7, 11) is 0. The van der Waals surface area contributed by atoms with Crippen LogP contribution < -0.4 is 0 Å². The highest BCUT2D eigenvalue weighted by Crippen LogP contribution is 2.33. The molecule has 2 aliphatic rings. The molecule has 1 aliphatic carbocycles. The van der Waals surface area contributed by atoms with Gasteiger partial charge in [0, 0.05) is 38.0 Å². The van der Waals surface area contributed by atoms with Crippen molar-refractivity contribution in [1.29, 1.82) is 0 Å². The predicted octanol–water partition coefficient (Wildman–Crippen LogP) is 1.64. The van der Waals surface area contributed by atoms with E-state index in [0.717, 1.165) is 38.8 Å². The normalized spacial score (nSPS) is 21.2. The molecule has 2 amide bonds. The lowest BCUT2D eigenvalue weighted by Crippen LogP contribution is -2.50. The van der Waals surface area contributed by atoms with Gasteiger partial charge in [0.25, 0.3) is 0 Å². The first-order valence-electron chi connectivity index (χ1n) is 7.08. The summed E-state index contributed by atoms with van der Waals surface area (Å²) in [5.41, 5.74) is 0. The minimum atomic E-state index is 0.0800. The fraction of sp³-hybridized carbons (Fsp3) is 0.857. The van der Waals surface area contributed by atoms with Crippen LogP contribution in [0.25, 0.3) is 0 Å². The van der Waals surface area contributed by atoms with Crippen LogP contribution in [0.15, 0.2) is 0 Å². The van der Waals surface area contributed by atoms with Crippen LogP contribution in [0.5, 0.6) is 0 Å². The monoisotopic (exact) mass is 252 g/mol. The molecule has 0 radical (unpaired) electrons. The fourth-order valence-electron chi connectivity index (χ4n) is 2.77. The summed E-state index contributed by atoms with van der Waals surface area (Å²) in [5, 5.41) is 0. The third-order valence-corrected chi connectivity index (χ3v) is 3.99. The van der Waals surface area contributed by atoms with Crippen LogP contribution in [-0.4, -0.2) is 46.8 Å². The van der Waals surface area contributed by atoms with Crippen LogP contribution in [0.3, 0.4) is 0 Å². The summed E-state index contributed by atoms with van der Waals surface area (Å²) in [6, 6.07) is 0.830. The number of hydrogen-bond acceptors (Lipinski definition) is 2. The maximum absolute atomic E-state index is 12.3. The molecule has 0 bridgehead atoms. The molecule has 0 atom stereocenters. The molecular weight excluding hydrogens is 228 g/mol. The minimum absolute atomic E-state index is 0.0800. The highest BCUT2D eigenvalue weighted by molar-refractivity contribution is 5.79. The van der Waals surface area contributed by atoms with Crippen molar-refractivity contribution in [3.8, 4) is 0 Å². The molecular formula is C14H24N2O2. The van der Waals surface area contributed by atoms with Crippen molar-refractivity contribution < 1.29 is 9.59 Å². The van der Waals surface area contributed by atoms with E-state index < -0.39 is 0 Å². The second kappa shape index (κ2) is 5.29. The Kier molecular flexibility index (Phi) is 3.93. The van der Waals surface area contributed by atoms with Gasteiger partial charge in [0.1, 0.15) is 0 Å². The molecule has 0 spiro atoms. The lowest BCUT2D eigenvalue weighted by molar-refractivity contribution is -0.139. The van der Waals surface area contributed by atoms with Gasteiger partial charge < -0.3 is 9.80 Å². The van der Waals surface area contributed by atoms with Crippen LogP contribution in [0.1, 0.15) is 46.5 Å². The molecule has 18 heavy (non-hydrogen) atoms. The van der Waals surface area contributed by atoms with E-state index in [0.29, 0.717) is 18.0 Å². The SMILES string of the molecule is CC(=O)N1CCC(N(C(=O)C(C)C)C2CC2)CC1. The van der Waals surface area contributed by atoms with E-state index in [4.69, 9.17) is 0 Å². The molecule has 1 saturated carbocycles. The quantitative estimate of drug-likeness (QED) is 0.766. The first-order valence-corrected chi connectivity index (χ1v) is 7.08. The van der Waals surface area contributed by atoms with Gasteiger partial charge in [-0.05, 0) is 25.7 Å². The molecule has 2 rings (SSSR count). The zero-order valence-electron chi connectivity index (χ0n) is 11.7. The van der Waals surface area contributed by atoms with E-state index in [9.17, 15) is 9.59 Å². The second-order valence-electron chi connectivity index (χ2n) is 5.87. The summed E-state index contributed by atoms with van der Waals surface area (Å²) in [4.78, 5) is 27.6. The third-order valence-electron chi connectivity index (χ3n) is 3.99. The molecule has 102 valence electrons. The fourth-order valence-corrected chi connectivity index (χ4v) is 2.77. The largest absolute Gasteiger partial charge is 0.343 e. The summed E-state index contributed by atoms with van der Waals surface area (Å²) < 4.78 is 0. The topological polar surface area (TPSA) is 40.6 Å². The van der Waals surface area contributed by atoms with Crippen LogP contribution in [0.2, 0.25) is 0 Å². The highest BCUT2D eigenvalue weighted by Gasteiger charge is 2.39. The molecule has 2 fully saturated rings. The Morgan fingerprint density at radius 2 is 1.56 bits per heavy atom. The molecule has 1 heterocycles. The number of carbonyl (C=O) groups is 2. The van der Waals surface area contributed by atoms with E-state index >= 15 is 0 Å². The van der Waals surface area contributed by atoms with Gasteiger partial charge in [-0.3, -0.25) is 9.59 Å². The van der Waals surface area contributed by atoms with Gasteiger partial charge in [-0.1, -0.05) is 13.8 Å². The van der Waals surface area contributed by atoms with Gasteiger partial charge in [-0.25, -0.2) is 0 Å². The van der Waals surface area contributed by atoms with Crippen molar-refractivity contribution in [3.63, 3.8) is 0 Å². The van der Waals surface area contributed by atoms with Crippen LogP contribution >= 0.6 is 0 Å². The summed E-state index contributed by atoms with van der Waals surface area (Å²) >= 11 is 0. The van der Waals surface area contributed by atoms with Gasteiger partial charge in [0.05, 0.1) is 0 Å². The summed E-state index contributed by atoms with van der Waals surface area (Å²) in [5.74, 6) is 0.525. The molecule has 0 N–H and O–H groups in total. The second-order valence-corrected chi connectivity index (χ2v) is 5.87. The molecule has 4 nitrogen and oxygen atoms in total. The van der Waals surface area contributed by atoms with Crippen molar-refractivity contribution in [3.05, 3.63) is 0 Å². The van der Waals surface area contributed by atoms with Crippen molar-refractivity contribution in [2.75, 3.05) is 13.1 Å². The Morgan fingerprint density at radius 1 is 1.06 bits per heavy atom. The van der Waals surface area contributed by atoms with E-state index in [1.165, 1.54) is 0 Å². The lowest BCUT2D eigenvalue weighted by atomic mass is 10.0. The third kappa shape index (κ3) is 2.85. The van der Waals surface area contributed by atoms with Crippen molar-refractivity contribution in [2.24, 2.45) is 5.92 Å². The van der Waals surface area contributed by atoms with Gasteiger partial charge in [0.15, 0.2) is 0 Å². The number of carbonyl (C=O) groups excluding carboxylic acids is 2. The van der Waals surface area contributed by atoms with Crippen molar-refractivity contribution in [2.45, 2.75) is 58.5 Å². The Balaban J connectivity index is 1.97. The van der Waals surface area contributed by atoms with Crippen molar-refractivity contribution in [1.82, 2.24) is 9.80 Å². The summed E-state index contributed by atoms with van der Waals surface area (Å²) in [6.07, 6.45) is 4.19. The van der Waals surface area contributed by atoms with Gasteiger partial charge in [-0.2, -0.15) is 0 Å². The molecule has 0 aromatic rings. The van der Waals surface area contributed by atoms with Crippen LogP contribution in [0, 0.1) is 5.92 Å². The smallest absolute Gasteiger partial charge is 0.225 e. The Hall–Kier alpha value is -1.06. The number of nitrogens with zero attached hydrogens (tertiary/aromatic N) is 2. The van der Waals surface area contributed by atoms with Gasteiger partial charge in [-0.15, -0.1) is 0 Å². The number of hydrogen-bond donors (Lipinski definition) is 0. The summed E-state index contributed by atoms with van der Waals surface area (Å²) in [6.45, 7) is 7.17. The van der Waals surface area contributed by atoms with Crippen molar-refractivity contribution >= 4 is 11.8 Å². The zero-order chi connectivity index (χ0) is 13.3. The van der Waals surface area contributed by atoms with E-state index in [2.05, 4.69) is 4.90 Å². The minimum Gasteiger partial charge on any atom is -0.343 e. The molecule has 0 aromatic heterocycles. The Bertz CT molecular complexity index is 329. The predicted molar refractivity (Wildman–Crippen MR) is 70.0 cm³/mol. The van der Waals surface area contributed by atoms with Crippen LogP contribution in [-0.2, 0) is 9.59 Å². The first-order chi connectivity index (χ1) is 8.50. The number of amides is 2. The molecule has 1 aliphatic heterocycles. The number of piperidine rings is 1. The van der Waals surface area contributed by atoms with Crippen LogP contribution in [0.4, 0.5) is 0 Å². The number of likely N-dealkylation sites (tertiary alicyclic amines) is 1.